The molecule has 0 aliphatic rings. The second-order valence-electron chi connectivity index (χ2n) is 4.46. The first-order valence-electron chi connectivity index (χ1n) is 6.27. The Bertz CT molecular complexity index is 371. The summed E-state index contributed by atoms with van der Waals surface area (Å²) >= 11 is 0. The van der Waals surface area contributed by atoms with Gasteiger partial charge >= 0.3 is 0 Å². The molecule has 1 aromatic rings. The van der Waals surface area contributed by atoms with Gasteiger partial charge in [0.2, 0.25) is 0 Å². The first kappa shape index (κ1) is 15.1. The maximum atomic E-state index is 13.8. The Balaban J connectivity index is 2.88. The highest BCUT2D eigenvalue weighted by atomic mass is 19.1. The van der Waals surface area contributed by atoms with Crippen LogP contribution >= 0.6 is 0 Å². The van der Waals surface area contributed by atoms with E-state index in [4.69, 9.17) is 4.74 Å². The summed E-state index contributed by atoms with van der Waals surface area (Å²) in [5, 5.41) is 3.25. The van der Waals surface area contributed by atoms with Gasteiger partial charge in [0.25, 0.3) is 0 Å². The molecule has 0 aliphatic heterocycles. The quantitative estimate of drug-likeness (QED) is 0.809. The maximum absolute atomic E-state index is 13.8. The van der Waals surface area contributed by atoms with E-state index in [0.717, 1.165) is 19.0 Å². The Labute approximate surface area is 107 Å². The molecule has 1 N–H and O–H groups in total. The zero-order valence-electron chi connectivity index (χ0n) is 11.2. The van der Waals surface area contributed by atoms with Gasteiger partial charge in [0.15, 0.2) is 0 Å². The Morgan fingerprint density at radius 2 is 2.06 bits per heavy atom. The molecule has 102 valence electrons. The monoisotopic (exact) mass is 257 g/mol. The van der Waals surface area contributed by atoms with E-state index in [-0.39, 0.29) is 12.0 Å². The lowest BCUT2D eigenvalue weighted by molar-refractivity contribution is 0.170. The van der Waals surface area contributed by atoms with Gasteiger partial charge in [-0.25, -0.2) is 8.78 Å². The Morgan fingerprint density at radius 1 is 1.33 bits per heavy atom. The average molecular weight is 257 g/mol. The van der Waals surface area contributed by atoms with Crippen molar-refractivity contribution in [2.45, 2.75) is 26.3 Å². The van der Waals surface area contributed by atoms with Gasteiger partial charge in [-0.15, -0.1) is 0 Å². The molecule has 2 nitrogen and oxygen atoms in total. The summed E-state index contributed by atoms with van der Waals surface area (Å²) in [5.74, 6) is -0.828. The SMILES string of the molecule is CCNC(c1ccc(F)cc1F)C(C)CCOC. The summed E-state index contributed by atoms with van der Waals surface area (Å²) in [6.45, 7) is 5.37. The van der Waals surface area contributed by atoms with Crippen molar-refractivity contribution in [1.82, 2.24) is 5.32 Å². The highest BCUT2D eigenvalue weighted by molar-refractivity contribution is 5.22. The first-order valence-corrected chi connectivity index (χ1v) is 6.27. The molecule has 0 bridgehead atoms. The van der Waals surface area contributed by atoms with E-state index < -0.39 is 11.6 Å². The third kappa shape index (κ3) is 4.03. The Kier molecular flexibility index (Phi) is 6.22. The Morgan fingerprint density at radius 3 is 2.61 bits per heavy atom. The van der Waals surface area contributed by atoms with E-state index in [1.807, 2.05) is 13.8 Å². The summed E-state index contributed by atoms with van der Waals surface area (Å²) in [4.78, 5) is 0. The van der Waals surface area contributed by atoms with Crippen molar-refractivity contribution in [2.75, 3.05) is 20.3 Å². The van der Waals surface area contributed by atoms with Gasteiger partial charge in [0.1, 0.15) is 11.6 Å². The predicted molar refractivity (Wildman–Crippen MR) is 68.4 cm³/mol. The van der Waals surface area contributed by atoms with Crippen LogP contribution in [0.25, 0.3) is 0 Å². The number of nitrogens with one attached hydrogen (secondary N) is 1. The fraction of sp³-hybridized carbons (Fsp3) is 0.571. The summed E-state index contributed by atoms with van der Waals surface area (Å²) in [6, 6.07) is 3.63. The lowest BCUT2D eigenvalue weighted by Gasteiger charge is -2.25. The van der Waals surface area contributed by atoms with Crippen LogP contribution in [0, 0.1) is 17.6 Å². The topological polar surface area (TPSA) is 21.3 Å². The molecule has 0 aromatic heterocycles. The van der Waals surface area contributed by atoms with Gasteiger partial charge in [0.05, 0.1) is 0 Å². The molecule has 0 heterocycles. The predicted octanol–water partition coefficient (Wildman–Crippen LogP) is 3.29. The van der Waals surface area contributed by atoms with Crippen molar-refractivity contribution in [3.05, 3.63) is 35.4 Å². The van der Waals surface area contributed by atoms with Crippen LogP contribution in [0.5, 0.6) is 0 Å². The molecular formula is C14H21F2NO. The van der Waals surface area contributed by atoms with Gasteiger partial charge in [0, 0.05) is 31.4 Å². The van der Waals surface area contributed by atoms with Gasteiger partial charge in [-0.2, -0.15) is 0 Å². The Hall–Kier alpha value is -1.00. The lowest BCUT2D eigenvalue weighted by atomic mass is 9.91. The third-order valence-corrected chi connectivity index (χ3v) is 3.07. The molecule has 1 aromatic carbocycles. The normalized spacial score (nSPS) is 14.5. The standard InChI is InChI=1S/C14H21F2NO/c1-4-17-14(10(2)7-8-18-3)12-6-5-11(15)9-13(12)16/h5-6,9-10,14,17H,4,7-8H2,1-3H3. The number of ether oxygens (including phenoxy) is 1. The second kappa shape index (κ2) is 7.44. The van der Waals surface area contributed by atoms with E-state index in [2.05, 4.69) is 5.32 Å². The van der Waals surface area contributed by atoms with Crippen LogP contribution in [-0.4, -0.2) is 20.3 Å². The molecule has 1 rings (SSSR count). The lowest BCUT2D eigenvalue weighted by Crippen LogP contribution is -2.28. The number of halogens is 2. The van der Waals surface area contributed by atoms with E-state index in [1.54, 1.807) is 7.11 Å². The molecule has 4 heteroatoms. The zero-order valence-corrected chi connectivity index (χ0v) is 11.2. The molecule has 2 unspecified atom stereocenters. The highest BCUT2D eigenvalue weighted by Gasteiger charge is 2.21. The molecule has 2 atom stereocenters. The fourth-order valence-electron chi connectivity index (χ4n) is 2.06. The molecule has 0 fully saturated rings. The average Bonchev–Trinajstić information content (AvgIpc) is 2.34. The van der Waals surface area contributed by atoms with Crippen molar-refractivity contribution in [2.24, 2.45) is 5.92 Å². The molecule has 0 amide bonds. The van der Waals surface area contributed by atoms with Crippen LogP contribution in [0.15, 0.2) is 18.2 Å². The molecule has 0 aliphatic carbocycles. The van der Waals surface area contributed by atoms with Crippen molar-refractivity contribution >= 4 is 0 Å². The third-order valence-electron chi connectivity index (χ3n) is 3.07. The minimum atomic E-state index is -0.545. The largest absolute Gasteiger partial charge is 0.385 e. The molecular weight excluding hydrogens is 236 g/mol. The van der Waals surface area contributed by atoms with E-state index in [9.17, 15) is 8.78 Å². The second-order valence-corrected chi connectivity index (χ2v) is 4.46. The zero-order chi connectivity index (χ0) is 13.5. The minimum absolute atomic E-state index is 0.120. The van der Waals surface area contributed by atoms with Crippen molar-refractivity contribution in [1.29, 1.82) is 0 Å². The summed E-state index contributed by atoms with van der Waals surface area (Å²) in [6.07, 6.45) is 0.824. The van der Waals surface area contributed by atoms with E-state index >= 15 is 0 Å². The van der Waals surface area contributed by atoms with Gasteiger partial charge in [-0.05, 0) is 24.9 Å². The first-order chi connectivity index (χ1) is 8.60. The van der Waals surface area contributed by atoms with Crippen LogP contribution < -0.4 is 5.32 Å². The van der Waals surface area contributed by atoms with Crippen LogP contribution in [0.4, 0.5) is 8.78 Å². The summed E-state index contributed by atoms with van der Waals surface area (Å²) in [5.41, 5.74) is 0.516. The van der Waals surface area contributed by atoms with Crippen LogP contribution in [-0.2, 0) is 4.74 Å². The van der Waals surface area contributed by atoms with Crippen LogP contribution in [0.1, 0.15) is 31.9 Å². The van der Waals surface area contributed by atoms with Crippen molar-refractivity contribution in [3.8, 4) is 0 Å². The number of hydrogen-bond acceptors (Lipinski definition) is 2. The van der Waals surface area contributed by atoms with Gasteiger partial charge in [-0.1, -0.05) is 19.9 Å². The van der Waals surface area contributed by atoms with Crippen LogP contribution in [0.3, 0.4) is 0 Å². The number of methoxy groups -OCH3 is 1. The number of rotatable bonds is 7. The molecule has 0 saturated carbocycles. The molecule has 0 saturated heterocycles. The summed E-state index contributed by atoms with van der Waals surface area (Å²) < 4.78 is 31.8. The fourth-order valence-corrected chi connectivity index (χ4v) is 2.06. The maximum Gasteiger partial charge on any atom is 0.130 e. The van der Waals surface area contributed by atoms with Crippen LogP contribution in [0.2, 0.25) is 0 Å². The van der Waals surface area contributed by atoms with Crippen molar-refractivity contribution < 1.29 is 13.5 Å². The highest BCUT2D eigenvalue weighted by Crippen LogP contribution is 2.27. The molecule has 0 radical (unpaired) electrons. The van der Waals surface area contributed by atoms with Gasteiger partial charge < -0.3 is 10.1 Å². The van der Waals surface area contributed by atoms with Gasteiger partial charge in [-0.3, -0.25) is 0 Å². The minimum Gasteiger partial charge on any atom is -0.385 e. The molecule has 18 heavy (non-hydrogen) atoms. The van der Waals surface area contributed by atoms with E-state index in [0.29, 0.717) is 12.2 Å². The molecule has 0 spiro atoms. The number of hydrogen-bond donors (Lipinski definition) is 1. The smallest absolute Gasteiger partial charge is 0.130 e. The van der Waals surface area contributed by atoms with Crippen molar-refractivity contribution in [3.63, 3.8) is 0 Å². The number of benzene rings is 1. The summed E-state index contributed by atoms with van der Waals surface area (Å²) in [7, 11) is 1.65. The van der Waals surface area contributed by atoms with E-state index in [1.165, 1.54) is 12.1 Å².